The highest BCUT2D eigenvalue weighted by Gasteiger charge is 2.71. The van der Waals surface area contributed by atoms with Crippen LogP contribution in [0.2, 0.25) is 0 Å². The molecule has 0 saturated heterocycles. The van der Waals surface area contributed by atoms with Crippen LogP contribution in [0, 0.1) is 0 Å². The minimum atomic E-state index is -6.11. The Bertz CT molecular complexity index is 1350. The van der Waals surface area contributed by atoms with Gasteiger partial charge in [-0.2, -0.15) is 39.5 Å². The first-order chi connectivity index (χ1) is 17.5. The number of carbonyl (C=O) groups is 1. The number of amides is 1. The van der Waals surface area contributed by atoms with Gasteiger partial charge in [-0.05, 0) is 36.4 Å². The molecule has 0 aliphatic rings. The van der Waals surface area contributed by atoms with Crippen molar-refractivity contribution in [2.75, 3.05) is 11.9 Å². The zero-order valence-electron chi connectivity index (χ0n) is 18.6. The maximum atomic E-state index is 13.0. The Labute approximate surface area is 206 Å². The molecule has 0 aliphatic heterocycles. The normalized spacial score (nSPS) is 12.8. The molecule has 3 aromatic rings. The number of carbonyl (C=O) groups excluding carboxylic acids is 1. The molecule has 1 aromatic heterocycles. The van der Waals surface area contributed by atoms with E-state index in [1.807, 2.05) is 0 Å². The number of pyridine rings is 1. The number of anilines is 1. The van der Waals surface area contributed by atoms with Gasteiger partial charge >= 0.3 is 18.5 Å². The molecule has 0 bridgehead atoms. The highest BCUT2D eigenvalue weighted by molar-refractivity contribution is 6.04. The molecule has 0 spiro atoms. The van der Waals surface area contributed by atoms with E-state index in [4.69, 9.17) is 4.74 Å². The quantitative estimate of drug-likeness (QED) is 0.403. The monoisotopic (exact) mass is 554 g/mol. The standard InChI is InChI=1S/C23H15F9N2O4/c24-20(25,26)12-38-17-6-2-1-5-16(17)34-11-3-4-15(19(34)36)18(35)33-14-9-7-13(8-10-14)21(37,22(27,28)29)23(30,31)32/h1-11,37H,12H2,(H,33,35). The number of alkyl halides is 9. The van der Waals surface area contributed by atoms with E-state index in [-0.39, 0.29) is 17.1 Å². The van der Waals surface area contributed by atoms with Crippen LogP contribution in [0.5, 0.6) is 5.75 Å². The summed E-state index contributed by atoms with van der Waals surface area (Å²) in [6.07, 6.45) is -15.7. The van der Waals surface area contributed by atoms with E-state index in [0.29, 0.717) is 24.3 Å². The Kier molecular flexibility index (Phi) is 7.55. The average molecular weight is 554 g/mol. The molecule has 204 valence electrons. The second-order valence-corrected chi connectivity index (χ2v) is 7.71. The molecular formula is C23H15F9N2O4. The van der Waals surface area contributed by atoms with Gasteiger partial charge in [-0.1, -0.05) is 24.3 Å². The molecule has 0 fully saturated rings. The first-order valence-corrected chi connectivity index (χ1v) is 10.2. The van der Waals surface area contributed by atoms with Crippen LogP contribution >= 0.6 is 0 Å². The maximum absolute atomic E-state index is 13.0. The average Bonchev–Trinajstić information content (AvgIpc) is 2.81. The summed E-state index contributed by atoms with van der Waals surface area (Å²) in [4.78, 5) is 25.5. The minimum absolute atomic E-state index is 0.140. The number of ether oxygens (including phenoxy) is 1. The molecular weight excluding hydrogens is 539 g/mol. The third-order valence-corrected chi connectivity index (χ3v) is 5.09. The summed E-state index contributed by atoms with van der Waals surface area (Å²) in [6, 6.07) is 9.27. The molecule has 2 N–H and O–H groups in total. The highest BCUT2D eigenvalue weighted by Crippen LogP contribution is 2.50. The van der Waals surface area contributed by atoms with Gasteiger partial charge < -0.3 is 15.2 Å². The van der Waals surface area contributed by atoms with Crippen LogP contribution in [0.25, 0.3) is 5.69 Å². The summed E-state index contributed by atoms with van der Waals surface area (Å²) < 4.78 is 121. The lowest BCUT2D eigenvalue weighted by molar-refractivity contribution is -0.376. The molecule has 0 aliphatic carbocycles. The molecule has 6 nitrogen and oxygen atoms in total. The zero-order valence-corrected chi connectivity index (χ0v) is 18.6. The summed E-state index contributed by atoms with van der Waals surface area (Å²) in [5.74, 6) is -1.46. The van der Waals surface area contributed by atoms with Crippen molar-refractivity contribution in [3.05, 3.63) is 88.3 Å². The zero-order chi connectivity index (χ0) is 28.5. The van der Waals surface area contributed by atoms with Gasteiger partial charge in [-0.3, -0.25) is 14.2 Å². The van der Waals surface area contributed by atoms with Gasteiger partial charge in [0.05, 0.1) is 5.69 Å². The fourth-order valence-electron chi connectivity index (χ4n) is 3.28. The number of hydrogen-bond donors (Lipinski definition) is 2. The number of halogens is 9. The van der Waals surface area contributed by atoms with Crippen LogP contribution in [-0.4, -0.2) is 40.7 Å². The molecule has 38 heavy (non-hydrogen) atoms. The number of aromatic nitrogens is 1. The van der Waals surface area contributed by atoms with Crippen molar-refractivity contribution < 1.29 is 54.2 Å². The van der Waals surface area contributed by atoms with Crippen molar-refractivity contribution in [1.29, 1.82) is 0 Å². The van der Waals surface area contributed by atoms with E-state index in [1.165, 1.54) is 24.3 Å². The number of benzene rings is 2. The molecule has 15 heteroatoms. The van der Waals surface area contributed by atoms with E-state index in [2.05, 4.69) is 5.32 Å². The Morgan fingerprint density at radius 1 is 0.842 bits per heavy atom. The van der Waals surface area contributed by atoms with Crippen molar-refractivity contribution in [3.8, 4) is 11.4 Å². The van der Waals surface area contributed by atoms with Crippen molar-refractivity contribution >= 4 is 11.6 Å². The summed E-state index contributed by atoms with van der Waals surface area (Å²) in [7, 11) is 0. The Morgan fingerprint density at radius 2 is 1.42 bits per heavy atom. The van der Waals surface area contributed by atoms with E-state index in [0.717, 1.165) is 22.9 Å². The fourth-order valence-corrected chi connectivity index (χ4v) is 3.28. The lowest BCUT2D eigenvalue weighted by Gasteiger charge is -2.32. The van der Waals surface area contributed by atoms with Gasteiger partial charge in [-0.25, -0.2) is 0 Å². The number of hydrogen-bond acceptors (Lipinski definition) is 4. The Balaban J connectivity index is 1.89. The van der Waals surface area contributed by atoms with Gasteiger partial charge in [0.25, 0.3) is 17.1 Å². The first kappa shape index (κ1) is 28.6. The first-order valence-electron chi connectivity index (χ1n) is 10.2. The maximum Gasteiger partial charge on any atom is 0.430 e. The molecule has 0 radical (unpaired) electrons. The molecule has 0 saturated carbocycles. The number of aliphatic hydroxyl groups is 1. The molecule has 1 amide bonds. The van der Waals surface area contributed by atoms with Crippen LogP contribution in [0.1, 0.15) is 15.9 Å². The lowest BCUT2D eigenvalue weighted by atomic mass is 9.92. The van der Waals surface area contributed by atoms with E-state index in [9.17, 15) is 54.2 Å². The fraction of sp³-hybridized carbons (Fsp3) is 0.217. The largest absolute Gasteiger partial charge is 0.482 e. The van der Waals surface area contributed by atoms with Crippen LogP contribution in [0.15, 0.2) is 71.7 Å². The van der Waals surface area contributed by atoms with Crippen LogP contribution in [0.4, 0.5) is 45.2 Å². The summed E-state index contributed by atoms with van der Waals surface area (Å²) in [6.45, 7) is -1.66. The Hall–Kier alpha value is -4.01. The second-order valence-electron chi connectivity index (χ2n) is 7.71. The topological polar surface area (TPSA) is 80.6 Å². The van der Waals surface area contributed by atoms with Gasteiger partial charge in [0.2, 0.25) is 0 Å². The van der Waals surface area contributed by atoms with Crippen molar-refractivity contribution in [2.24, 2.45) is 0 Å². The van der Waals surface area contributed by atoms with Gasteiger partial charge in [0.1, 0.15) is 11.3 Å². The number of nitrogens with zero attached hydrogens (tertiary/aromatic N) is 1. The second kappa shape index (κ2) is 10.0. The van der Waals surface area contributed by atoms with Crippen molar-refractivity contribution in [1.82, 2.24) is 4.57 Å². The number of rotatable bonds is 6. The van der Waals surface area contributed by atoms with Gasteiger partial charge in [-0.15, -0.1) is 0 Å². The minimum Gasteiger partial charge on any atom is -0.482 e. The molecule has 1 heterocycles. The molecule has 0 unspecified atom stereocenters. The van der Waals surface area contributed by atoms with E-state index < -0.39 is 53.3 Å². The highest BCUT2D eigenvalue weighted by atomic mass is 19.4. The summed E-state index contributed by atoms with van der Waals surface area (Å²) in [5.41, 5.74) is -8.78. The molecule has 0 atom stereocenters. The summed E-state index contributed by atoms with van der Waals surface area (Å²) >= 11 is 0. The number of nitrogens with one attached hydrogen (secondary N) is 1. The van der Waals surface area contributed by atoms with Crippen molar-refractivity contribution in [3.63, 3.8) is 0 Å². The molecule has 2 aromatic carbocycles. The van der Waals surface area contributed by atoms with Crippen molar-refractivity contribution in [2.45, 2.75) is 24.1 Å². The smallest absolute Gasteiger partial charge is 0.430 e. The summed E-state index contributed by atoms with van der Waals surface area (Å²) in [5, 5.41) is 11.5. The lowest BCUT2D eigenvalue weighted by Crippen LogP contribution is -2.53. The third kappa shape index (κ3) is 5.77. The SMILES string of the molecule is O=C(Nc1ccc(C(O)(C(F)(F)F)C(F)(F)F)cc1)c1cccn(-c2ccccc2OCC(F)(F)F)c1=O. The van der Waals surface area contributed by atoms with Gasteiger partial charge in [0.15, 0.2) is 6.61 Å². The van der Waals surface area contributed by atoms with Crippen LogP contribution in [-0.2, 0) is 5.60 Å². The predicted molar refractivity (Wildman–Crippen MR) is 114 cm³/mol. The van der Waals surface area contributed by atoms with E-state index >= 15 is 0 Å². The number of para-hydroxylation sites is 2. The van der Waals surface area contributed by atoms with Crippen LogP contribution < -0.4 is 15.6 Å². The third-order valence-electron chi connectivity index (χ3n) is 5.09. The van der Waals surface area contributed by atoms with Gasteiger partial charge in [0, 0.05) is 17.4 Å². The van der Waals surface area contributed by atoms with Crippen LogP contribution in [0.3, 0.4) is 0 Å². The predicted octanol–water partition coefficient (Wildman–Crippen LogP) is 5.34. The Morgan fingerprint density at radius 3 is 1.97 bits per heavy atom. The molecule has 3 rings (SSSR count). The van der Waals surface area contributed by atoms with E-state index in [1.54, 1.807) is 0 Å².